The van der Waals surface area contributed by atoms with Crippen molar-refractivity contribution < 1.29 is 14.3 Å². The molecule has 0 radical (unpaired) electrons. The maximum absolute atomic E-state index is 12.0. The van der Waals surface area contributed by atoms with Crippen molar-refractivity contribution >= 4 is 34.6 Å². The molecule has 2 aromatic carbocycles. The third-order valence-corrected chi connectivity index (χ3v) is 5.15. The Labute approximate surface area is 184 Å². The maximum atomic E-state index is 12.0. The fourth-order valence-corrected chi connectivity index (χ4v) is 3.47. The molecule has 0 saturated carbocycles. The van der Waals surface area contributed by atoms with Crippen LogP contribution in [0.5, 0.6) is 0 Å². The number of aromatic nitrogens is 1. The molecule has 0 bridgehead atoms. The molecule has 1 heterocycles. The minimum atomic E-state index is -0.114. The highest BCUT2D eigenvalue weighted by Crippen LogP contribution is 2.26. The molecule has 160 valence electrons. The Morgan fingerprint density at radius 1 is 1.10 bits per heavy atom. The second-order valence-electron chi connectivity index (χ2n) is 6.74. The van der Waals surface area contributed by atoms with Crippen LogP contribution in [0.3, 0.4) is 0 Å². The van der Waals surface area contributed by atoms with Crippen molar-refractivity contribution in [2.75, 3.05) is 13.1 Å². The van der Waals surface area contributed by atoms with E-state index in [0.717, 1.165) is 16.8 Å². The van der Waals surface area contributed by atoms with Crippen molar-refractivity contribution in [1.82, 2.24) is 20.9 Å². The summed E-state index contributed by atoms with van der Waals surface area (Å²) in [5, 5.41) is 11.3. The molecule has 31 heavy (non-hydrogen) atoms. The van der Waals surface area contributed by atoms with E-state index in [9.17, 15) is 9.59 Å². The van der Waals surface area contributed by atoms with Gasteiger partial charge in [0.15, 0.2) is 5.69 Å². The average Bonchev–Trinajstić information content (AvgIpc) is 3.28. The number of hydrogen-bond acceptors (Lipinski definition) is 5. The minimum Gasteiger partial charge on any atom is -0.352 e. The lowest BCUT2D eigenvalue weighted by atomic mass is 10.1. The zero-order valence-corrected chi connectivity index (χ0v) is 18.0. The molecule has 0 aliphatic rings. The van der Waals surface area contributed by atoms with Gasteiger partial charge in [-0.1, -0.05) is 52.7 Å². The number of thiazole rings is 1. The van der Waals surface area contributed by atoms with Crippen molar-refractivity contribution in [3.05, 3.63) is 71.1 Å². The van der Waals surface area contributed by atoms with E-state index < -0.39 is 0 Å². The van der Waals surface area contributed by atoms with Crippen LogP contribution in [0.15, 0.2) is 60.0 Å². The minimum absolute atomic E-state index is 0.0669. The summed E-state index contributed by atoms with van der Waals surface area (Å²) in [7, 11) is 0. The normalized spacial score (nSPS) is 11.1. The molecule has 0 atom stereocenters. The van der Waals surface area contributed by atoms with Crippen LogP contribution >= 0.6 is 11.3 Å². The topological polar surface area (TPSA) is 112 Å². The predicted octanol–water partition coefficient (Wildman–Crippen LogP) is 2.01. The monoisotopic (exact) mass is 437 g/mol. The second kappa shape index (κ2) is 10.9. The number of hydrogen-bond donors (Lipinski definition) is 4. The van der Waals surface area contributed by atoms with Crippen LogP contribution in [-0.4, -0.2) is 40.9 Å². The largest absolute Gasteiger partial charge is 0.352 e. The van der Waals surface area contributed by atoms with Gasteiger partial charge >= 0.3 is 5.13 Å². The number of hydrazine groups is 1. The Morgan fingerprint density at radius 3 is 2.68 bits per heavy atom. The molecule has 3 aromatic rings. The first-order valence-corrected chi connectivity index (χ1v) is 10.6. The van der Waals surface area contributed by atoms with E-state index in [4.69, 9.17) is 5.84 Å². The summed E-state index contributed by atoms with van der Waals surface area (Å²) in [6, 6.07) is 16.9. The molecular weight excluding hydrogens is 412 g/mol. The number of nitrogens with one attached hydrogen (secondary N) is 3. The van der Waals surface area contributed by atoms with Gasteiger partial charge in [-0.3, -0.25) is 15.4 Å². The van der Waals surface area contributed by atoms with Gasteiger partial charge in [-0.15, -0.1) is 4.68 Å². The van der Waals surface area contributed by atoms with Crippen LogP contribution in [0.2, 0.25) is 0 Å². The maximum Gasteiger partial charge on any atom is 0.343 e. The molecule has 0 aliphatic heterocycles. The van der Waals surface area contributed by atoms with Gasteiger partial charge in [0, 0.05) is 36.5 Å². The zero-order valence-electron chi connectivity index (χ0n) is 17.2. The van der Waals surface area contributed by atoms with Crippen molar-refractivity contribution in [2.24, 2.45) is 5.84 Å². The van der Waals surface area contributed by atoms with Crippen molar-refractivity contribution in [1.29, 1.82) is 0 Å². The summed E-state index contributed by atoms with van der Waals surface area (Å²) in [6.45, 7) is 2.95. The standard InChI is InChI=1S/C22H24N6O2S/c1-16(29)26-13-17-6-5-9-19(12-17)20-14-31-22(27-20)28(23)15-24-10-11-25-21(30)18-7-3-2-4-8-18/h2-9,12,14-15H,10-11,13,23H2,1H3,(H2,25,26,29,30)/p+1. The fourth-order valence-electron chi connectivity index (χ4n) is 2.74. The van der Waals surface area contributed by atoms with Gasteiger partial charge in [0.2, 0.25) is 12.2 Å². The zero-order chi connectivity index (χ0) is 22.1. The summed E-state index contributed by atoms with van der Waals surface area (Å²) in [5.74, 6) is 5.88. The quantitative estimate of drug-likeness (QED) is 0.102. The number of amides is 2. The molecule has 5 N–H and O–H groups in total. The van der Waals surface area contributed by atoms with E-state index in [0.29, 0.717) is 30.3 Å². The summed E-state index contributed by atoms with van der Waals surface area (Å²) in [5.41, 5.74) is 3.39. The highest BCUT2D eigenvalue weighted by atomic mass is 32.1. The van der Waals surface area contributed by atoms with Crippen LogP contribution in [0, 0.1) is 0 Å². The lowest BCUT2D eigenvalue weighted by molar-refractivity contribution is -0.448. The Balaban J connectivity index is 1.51. The number of benzene rings is 2. The van der Waals surface area contributed by atoms with Gasteiger partial charge in [0.1, 0.15) is 0 Å². The van der Waals surface area contributed by atoms with E-state index in [1.54, 1.807) is 18.5 Å². The summed E-state index contributed by atoms with van der Waals surface area (Å²) >= 11 is 1.42. The lowest BCUT2D eigenvalue weighted by Crippen LogP contribution is -2.33. The first kappa shape index (κ1) is 22.0. The van der Waals surface area contributed by atoms with Crippen molar-refractivity contribution in [3.63, 3.8) is 0 Å². The number of carbonyl (C=O) groups excluding carboxylic acids is 2. The lowest BCUT2D eigenvalue weighted by Gasteiger charge is -2.04. The van der Waals surface area contributed by atoms with Gasteiger partial charge in [-0.05, 0) is 23.8 Å². The Morgan fingerprint density at radius 2 is 1.90 bits per heavy atom. The molecule has 0 aliphatic carbocycles. The number of nitrogens with two attached hydrogens (primary N) is 1. The molecule has 3 rings (SSSR count). The van der Waals surface area contributed by atoms with Crippen LogP contribution in [-0.2, 0) is 11.3 Å². The molecule has 2 amide bonds. The van der Waals surface area contributed by atoms with Gasteiger partial charge in [0.25, 0.3) is 5.91 Å². The van der Waals surface area contributed by atoms with Crippen LogP contribution in [0.4, 0.5) is 5.13 Å². The van der Waals surface area contributed by atoms with Gasteiger partial charge in [-0.2, -0.15) is 0 Å². The van der Waals surface area contributed by atoms with E-state index in [1.165, 1.54) is 22.9 Å². The Bertz CT molecular complexity index is 1060. The molecule has 0 spiro atoms. The van der Waals surface area contributed by atoms with Crippen molar-refractivity contribution in [3.8, 4) is 11.3 Å². The molecule has 0 unspecified atom stereocenters. The molecule has 1 aromatic heterocycles. The third kappa shape index (κ3) is 6.65. The molecule has 0 fully saturated rings. The molecule has 9 heteroatoms. The number of hydrazone groups is 1. The van der Waals surface area contributed by atoms with E-state index in [-0.39, 0.29) is 11.8 Å². The predicted molar refractivity (Wildman–Crippen MR) is 122 cm³/mol. The number of nitrogens with zero attached hydrogens (tertiary/aromatic N) is 2. The number of rotatable bonds is 9. The first-order valence-electron chi connectivity index (χ1n) is 9.76. The van der Waals surface area contributed by atoms with Gasteiger partial charge < -0.3 is 16.0 Å². The highest BCUT2D eigenvalue weighted by molar-refractivity contribution is 7.13. The van der Waals surface area contributed by atoms with Crippen LogP contribution in [0.1, 0.15) is 22.8 Å². The summed E-state index contributed by atoms with van der Waals surface area (Å²) < 4.78 is 1.41. The molecule has 0 saturated heterocycles. The molecule has 8 nitrogen and oxygen atoms in total. The van der Waals surface area contributed by atoms with E-state index in [1.807, 2.05) is 47.8 Å². The highest BCUT2D eigenvalue weighted by Gasteiger charge is 2.13. The van der Waals surface area contributed by atoms with E-state index in [2.05, 4.69) is 20.9 Å². The van der Waals surface area contributed by atoms with E-state index >= 15 is 0 Å². The summed E-state index contributed by atoms with van der Waals surface area (Å²) in [6.07, 6.45) is 1.62. The van der Waals surface area contributed by atoms with Gasteiger partial charge in [0.05, 0.1) is 6.54 Å². The van der Waals surface area contributed by atoms with Crippen LogP contribution < -0.4 is 21.8 Å². The Hall–Kier alpha value is -3.72. The smallest absolute Gasteiger partial charge is 0.343 e. The fraction of sp³-hybridized carbons (Fsp3) is 0.182. The first-order chi connectivity index (χ1) is 15.0. The SMILES string of the molecule is CC(=O)NCc1cccc(-c2csc([N+](N)=CNCCNC(=O)c3ccccc3)n2)c1. The van der Waals surface area contributed by atoms with Gasteiger partial charge in [-0.25, -0.2) is 0 Å². The number of carbonyl (C=O) groups is 2. The average molecular weight is 438 g/mol. The summed E-state index contributed by atoms with van der Waals surface area (Å²) in [4.78, 5) is 27.7. The second-order valence-corrected chi connectivity index (χ2v) is 7.57. The van der Waals surface area contributed by atoms with Crippen LogP contribution in [0.25, 0.3) is 11.3 Å². The third-order valence-electron chi connectivity index (χ3n) is 4.30. The Kier molecular flexibility index (Phi) is 7.72. The molecular formula is C22H25N6O2S+. The van der Waals surface area contributed by atoms with Crippen molar-refractivity contribution in [2.45, 2.75) is 13.5 Å².